The zero-order valence-corrected chi connectivity index (χ0v) is 52.1. The molecule has 0 fully saturated rings. The Hall–Kier alpha value is -4.40. The van der Waals surface area contributed by atoms with Gasteiger partial charge in [0, 0.05) is 6.42 Å². The fourth-order valence-electron chi connectivity index (χ4n) is 7.76. The van der Waals surface area contributed by atoms with E-state index in [9.17, 15) is 19.4 Å². The molecule has 0 aromatic heterocycles. The molecule has 0 spiro atoms. The minimum atomic E-state index is -4.38. The maximum Gasteiger partial charge on any atom is 0.472 e. The van der Waals surface area contributed by atoms with Gasteiger partial charge in [0.1, 0.15) is 13.2 Å². The van der Waals surface area contributed by atoms with Gasteiger partial charge in [-0.25, -0.2) is 4.57 Å². The molecule has 0 aromatic carbocycles. The normalized spacial score (nSPS) is 15.0. The lowest BCUT2D eigenvalue weighted by molar-refractivity contribution is -0.870. The van der Waals surface area contributed by atoms with Crippen LogP contribution in [0.1, 0.15) is 206 Å². The van der Waals surface area contributed by atoms with Crippen molar-refractivity contribution < 1.29 is 32.9 Å². The number of amides is 1. The predicted octanol–water partition coefficient (Wildman–Crippen LogP) is 19.8. The molecule has 3 atom stereocenters. The Balaban J connectivity index is 4.27. The molecule has 0 bridgehead atoms. The highest BCUT2D eigenvalue weighted by Crippen LogP contribution is 2.43. The summed E-state index contributed by atoms with van der Waals surface area (Å²) in [6, 6.07) is -0.898. The van der Waals surface area contributed by atoms with Gasteiger partial charge in [0.05, 0.1) is 39.9 Å². The number of phosphoric ester groups is 1. The SMILES string of the molecule is CC/C=C\C/C=C\C/C=C\C/C=C\C/C=C\C/C=C\C/C=C\C/C=C\C/C=C\C/C=C\C/C=C\C/C=C\CCCCCCC(=O)NC(COP(=O)(O)OCC[N+](C)(C)C)C(O)/C=C/CC/C=C/CC/C=C/CCCCCCCCC. The Morgan fingerprint density at radius 2 is 0.762 bits per heavy atom. The number of hydrogen-bond donors (Lipinski definition) is 3. The molecule has 0 radical (unpaired) electrons. The van der Waals surface area contributed by atoms with Gasteiger partial charge in [-0.05, 0) is 135 Å². The zero-order valence-electron chi connectivity index (χ0n) is 51.2. The Morgan fingerprint density at radius 1 is 0.438 bits per heavy atom. The molecule has 0 aliphatic rings. The summed E-state index contributed by atoms with van der Waals surface area (Å²) in [6.45, 7) is 4.62. The summed E-state index contributed by atoms with van der Waals surface area (Å²) in [5, 5.41) is 13.9. The lowest BCUT2D eigenvalue weighted by Crippen LogP contribution is -2.45. The van der Waals surface area contributed by atoms with E-state index in [4.69, 9.17) is 9.05 Å². The summed E-state index contributed by atoms with van der Waals surface area (Å²) in [6.07, 6.45) is 95.8. The molecule has 0 heterocycles. The zero-order chi connectivity index (χ0) is 58.4. The van der Waals surface area contributed by atoms with Crippen molar-refractivity contribution in [2.45, 2.75) is 219 Å². The van der Waals surface area contributed by atoms with Gasteiger partial charge in [-0.15, -0.1) is 0 Å². The van der Waals surface area contributed by atoms with E-state index in [2.05, 4.69) is 189 Å². The van der Waals surface area contributed by atoms with Crippen molar-refractivity contribution in [2.75, 3.05) is 40.9 Å². The molecular formula is C71H116N2O6P+. The maximum atomic E-state index is 13.0. The topological polar surface area (TPSA) is 105 Å². The highest BCUT2D eigenvalue weighted by Gasteiger charge is 2.27. The second-order valence-electron chi connectivity index (χ2n) is 21.3. The van der Waals surface area contributed by atoms with Crippen molar-refractivity contribution >= 4 is 13.7 Å². The number of quaternary nitrogens is 1. The fraction of sp³-hybridized carbons (Fsp3) is 0.563. The summed E-state index contributed by atoms with van der Waals surface area (Å²) in [4.78, 5) is 23.3. The molecule has 80 heavy (non-hydrogen) atoms. The van der Waals surface area contributed by atoms with Gasteiger partial charge in [-0.3, -0.25) is 13.8 Å². The van der Waals surface area contributed by atoms with Crippen molar-refractivity contribution in [3.8, 4) is 0 Å². The monoisotopic (exact) mass is 1120 g/mol. The standard InChI is InChI=1S/C71H115N2O6P/c1-6-8-10-12-14-16-18-20-22-24-25-26-27-28-29-30-31-32-33-34-35-36-37-38-39-40-41-42-43-44-45-46-47-49-51-53-55-57-59-61-63-65-71(75)72-69(68-79-80(76,77)78-67-66-73(3,4)5)70(74)64-62-60-58-56-54-52-50-48-23-21-19-17-15-13-11-9-7-2/h8,10,14,16,20,22-23,25-26,28-29,31-32,34-35,37-38,40-41,43-44,46-48,51,53-54,56,62,64,69-70,74H,6-7,9,11-13,15,17-19,21,24,27,30,33,36,39,42,45,49-50,52,55,57-61,63,65-68H2,1-5H3,(H-,72,75,76,77)/p+1/b10-8-,16-14-,22-20-,26-25-,29-28-,32-31-,35-34-,38-37-,41-40-,44-43-,47-46-,48-23+,53-51-,56-54+,64-62+. The van der Waals surface area contributed by atoms with Crippen molar-refractivity contribution in [3.05, 3.63) is 182 Å². The van der Waals surface area contributed by atoms with Crippen LogP contribution in [-0.4, -0.2) is 73.4 Å². The van der Waals surface area contributed by atoms with E-state index < -0.39 is 20.0 Å². The van der Waals surface area contributed by atoms with Gasteiger partial charge in [0.2, 0.25) is 5.91 Å². The van der Waals surface area contributed by atoms with Crippen molar-refractivity contribution in [1.29, 1.82) is 0 Å². The summed E-state index contributed by atoms with van der Waals surface area (Å²) in [5.74, 6) is -0.224. The number of carbonyl (C=O) groups is 1. The number of nitrogens with zero attached hydrogens (tertiary/aromatic N) is 1. The van der Waals surface area contributed by atoms with Crippen LogP contribution in [0.2, 0.25) is 0 Å². The number of unbranched alkanes of at least 4 members (excludes halogenated alkanes) is 13. The predicted molar refractivity (Wildman–Crippen MR) is 350 cm³/mol. The quantitative estimate of drug-likeness (QED) is 0.0243. The molecule has 9 heteroatoms. The van der Waals surface area contributed by atoms with Gasteiger partial charge < -0.3 is 19.8 Å². The van der Waals surface area contributed by atoms with Gasteiger partial charge in [0.15, 0.2) is 0 Å². The molecule has 0 aromatic rings. The van der Waals surface area contributed by atoms with E-state index in [1.54, 1.807) is 6.08 Å². The third kappa shape index (κ3) is 61.2. The van der Waals surface area contributed by atoms with Crippen LogP contribution in [0.5, 0.6) is 0 Å². The van der Waals surface area contributed by atoms with E-state index in [0.29, 0.717) is 17.4 Å². The number of hydrogen-bond acceptors (Lipinski definition) is 5. The van der Waals surface area contributed by atoms with Gasteiger partial charge >= 0.3 is 7.82 Å². The molecule has 8 nitrogen and oxygen atoms in total. The number of carbonyl (C=O) groups excluding carboxylic acids is 1. The Bertz CT molecular complexity index is 1950. The van der Waals surface area contributed by atoms with Crippen LogP contribution < -0.4 is 5.32 Å². The third-order valence-corrected chi connectivity index (χ3v) is 13.6. The smallest absolute Gasteiger partial charge is 0.387 e. The summed E-state index contributed by atoms with van der Waals surface area (Å²) < 4.78 is 23.7. The highest BCUT2D eigenvalue weighted by atomic mass is 31.2. The molecule has 0 aliphatic carbocycles. The number of likely N-dealkylation sites (N-methyl/N-ethyl adjacent to an activating group) is 1. The first kappa shape index (κ1) is 75.6. The Kier molecular flexibility index (Phi) is 56.0. The molecule has 0 saturated heterocycles. The van der Waals surface area contributed by atoms with Crippen molar-refractivity contribution in [1.82, 2.24) is 5.32 Å². The minimum absolute atomic E-state index is 0.0381. The number of phosphoric acid groups is 1. The maximum absolute atomic E-state index is 13.0. The van der Waals surface area contributed by atoms with E-state index >= 15 is 0 Å². The lowest BCUT2D eigenvalue weighted by atomic mass is 10.1. The second kappa shape index (κ2) is 59.2. The number of aliphatic hydroxyl groups is 1. The Labute approximate surface area is 491 Å². The summed E-state index contributed by atoms with van der Waals surface area (Å²) in [5.41, 5.74) is 0. The van der Waals surface area contributed by atoms with Crippen LogP contribution in [0.25, 0.3) is 0 Å². The van der Waals surface area contributed by atoms with Crippen LogP contribution in [-0.2, 0) is 18.4 Å². The van der Waals surface area contributed by atoms with E-state index in [-0.39, 0.29) is 19.1 Å². The first-order valence-corrected chi connectivity index (χ1v) is 32.7. The van der Waals surface area contributed by atoms with Crippen LogP contribution >= 0.6 is 7.82 Å². The van der Waals surface area contributed by atoms with Crippen molar-refractivity contribution in [3.63, 3.8) is 0 Å². The average molecular weight is 1120 g/mol. The van der Waals surface area contributed by atoms with Gasteiger partial charge in [-0.2, -0.15) is 0 Å². The number of allylic oxidation sites excluding steroid dienone is 29. The Morgan fingerprint density at radius 3 is 1.15 bits per heavy atom. The second-order valence-corrected chi connectivity index (χ2v) is 22.8. The number of nitrogens with one attached hydrogen (secondary N) is 1. The molecule has 3 unspecified atom stereocenters. The molecule has 1 amide bonds. The molecular weight excluding hydrogens is 1010 g/mol. The largest absolute Gasteiger partial charge is 0.472 e. The molecule has 0 saturated carbocycles. The number of rotatable bonds is 54. The molecule has 450 valence electrons. The third-order valence-electron chi connectivity index (χ3n) is 12.6. The van der Waals surface area contributed by atoms with Crippen LogP contribution in [0.15, 0.2) is 182 Å². The van der Waals surface area contributed by atoms with Crippen LogP contribution in [0.3, 0.4) is 0 Å². The fourth-order valence-corrected chi connectivity index (χ4v) is 8.49. The summed E-state index contributed by atoms with van der Waals surface area (Å²) in [7, 11) is 1.50. The van der Waals surface area contributed by atoms with E-state index in [1.807, 2.05) is 27.2 Å². The van der Waals surface area contributed by atoms with Gasteiger partial charge in [0.25, 0.3) is 0 Å². The summed E-state index contributed by atoms with van der Waals surface area (Å²) >= 11 is 0. The first-order valence-electron chi connectivity index (χ1n) is 31.2. The highest BCUT2D eigenvalue weighted by molar-refractivity contribution is 7.47. The first-order chi connectivity index (χ1) is 39.0. The lowest BCUT2D eigenvalue weighted by Gasteiger charge is -2.25. The van der Waals surface area contributed by atoms with Crippen LogP contribution in [0, 0.1) is 0 Å². The van der Waals surface area contributed by atoms with E-state index in [1.165, 1.54) is 51.4 Å². The van der Waals surface area contributed by atoms with Crippen molar-refractivity contribution in [2.24, 2.45) is 0 Å². The van der Waals surface area contributed by atoms with Crippen LogP contribution in [0.4, 0.5) is 0 Å². The average Bonchev–Trinajstić information content (AvgIpc) is 3.42. The molecule has 3 N–H and O–H groups in total. The van der Waals surface area contributed by atoms with Gasteiger partial charge in [-0.1, -0.05) is 247 Å². The molecule has 0 rings (SSSR count). The van der Waals surface area contributed by atoms with E-state index in [0.717, 1.165) is 135 Å². The minimum Gasteiger partial charge on any atom is -0.387 e. The number of aliphatic hydroxyl groups excluding tert-OH is 1. The molecule has 0 aliphatic heterocycles.